The zero-order valence-electron chi connectivity index (χ0n) is 15.0. The van der Waals surface area contributed by atoms with Gasteiger partial charge in [0.2, 0.25) is 5.75 Å². The summed E-state index contributed by atoms with van der Waals surface area (Å²) in [5.74, 6) is 1.72. The van der Waals surface area contributed by atoms with Gasteiger partial charge in [-0.05, 0) is 41.8 Å². The SMILES string of the molecule is COc1cc(C2CC(c3ccc(F)cc3)NC(N)=N2)cc(OC)c1OC. The standard InChI is InChI=1S/C19H22FN3O3/c1-24-16-8-12(9-17(25-2)18(16)26-3)15-10-14(22-19(21)23-15)11-4-6-13(20)7-5-11/h4-9,14-15H,10H2,1-3H3,(H3,21,22,23). The lowest BCUT2D eigenvalue weighted by molar-refractivity contribution is 0.323. The first kappa shape index (κ1) is 17.8. The van der Waals surface area contributed by atoms with E-state index in [0.29, 0.717) is 29.6 Å². The summed E-state index contributed by atoms with van der Waals surface area (Å²) in [4.78, 5) is 4.51. The Morgan fingerprint density at radius 3 is 2.15 bits per heavy atom. The van der Waals surface area contributed by atoms with E-state index in [1.165, 1.54) is 12.1 Å². The molecule has 2 unspecified atom stereocenters. The maximum absolute atomic E-state index is 13.2. The van der Waals surface area contributed by atoms with Gasteiger partial charge in [0, 0.05) is 0 Å². The van der Waals surface area contributed by atoms with E-state index in [9.17, 15) is 4.39 Å². The van der Waals surface area contributed by atoms with Gasteiger partial charge in [-0.1, -0.05) is 12.1 Å². The predicted molar refractivity (Wildman–Crippen MR) is 97.4 cm³/mol. The summed E-state index contributed by atoms with van der Waals surface area (Å²) >= 11 is 0. The average molecular weight is 359 g/mol. The van der Waals surface area contributed by atoms with Crippen molar-refractivity contribution in [2.75, 3.05) is 21.3 Å². The van der Waals surface area contributed by atoms with Crippen LogP contribution in [0.4, 0.5) is 4.39 Å². The zero-order valence-corrected chi connectivity index (χ0v) is 15.0. The third kappa shape index (κ3) is 3.51. The first-order valence-electron chi connectivity index (χ1n) is 8.21. The molecule has 2 aromatic carbocycles. The fraction of sp³-hybridized carbons (Fsp3) is 0.316. The van der Waals surface area contributed by atoms with Gasteiger partial charge in [0.05, 0.1) is 33.4 Å². The van der Waals surface area contributed by atoms with Crippen molar-refractivity contribution in [3.05, 3.63) is 53.3 Å². The molecule has 0 aromatic heterocycles. The summed E-state index contributed by atoms with van der Waals surface area (Å²) in [7, 11) is 4.70. The first-order chi connectivity index (χ1) is 12.5. The highest BCUT2D eigenvalue weighted by molar-refractivity contribution is 5.79. The van der Waals surface area contributed by atoms with E-state index in [1.807, 2.05) is 12.1 Å². The Kier molecular flexibility index (Phi) is 5.16. The minimum absolute atomic E-state index is 0.0720. The average Bonchev–Trinajstić information content (AvgIpc) is 2.66. The quantitative estimate of drug-likeness (QED) is 0.858. The largest absolute Gasteiger partial charge is 0.493 e. The van der Waals surface area contributed by atoms with Gasteiger partial charge in [-0.15, -0.1) is 0 Å². The van der Waals surface area contributed by atoms with E-state index < -0.39 is 0 Å². The molecule has 138 valence electrons. The van der Waals surface area contributed by atoms with E-state index >= 15 is 0 Å². The topological polar surface area (TPSA) is 78.1 Å². The van der Waals surface area contributed by atoms with Gasteiger partial charge in [-0.25, -0.2) is 9.38 Å². The van der Waals surface area contributed by atoms with E-state index in [4.69, 9.17) is 19.9 Å². The fourth-order valence-corrected chi connectivity index (χ4v) is 3.14. The summed E-state index contributed by atoms with van der Waals surface area (Å²) < 4.78 is 29.4. The molecule has 2 aromatic rings. The van der Waals surface area contributed by atoms with Crippen LogP contribution in [0.3, 0.4) is 0 Å². The first-order valence-corrected chi connectivity index (χ1v) is 8.21. The third-order valence-corrected chi connectivity index (χ3v) is 4.42. The second kappa shape index (κ2) is 7.51. The predicted octanol–water partition coefficient (Wildman–Crippen LogP) is 2.94. The summed E-state index contributed by atoms with van der Waals surface area (Å²) in [6, 6.07) is 9.85. The summed E-state index contributed by atoms with van der Waals surface area (Å²) in [6.45, 7) is 0. The molecule has 1 heterocycles. The van der Waals surface area contributed by atoms with Gasteiger partial charge in [0.25, 0.3) is 0 Å². The molecule has 6 nitrogen and oxygen atoms in total. The molecule has 2 atom stereocenters. The van der Waals surface area contributed by atoms with Crippen molar-refractivity contribution in [3.63, 3.8) is 0 Å². The van der Waals surface area contributed by atoms with Crippen molar-refractivity contribution in [2.24, 2.45) is 10.7 Å². The molecule has 3 N–H and O–H groups in total. The number of nitrogens with zero attached hydrogens (tertiary/aromatic N) is 1. The number of hydrogen-bond acceptors (Lipinski definition) is 6. The molecule has 0 saturated heterocycles. The summed E-state index contributed by atoms with van der Waals surface area (Å²) in [6.07, 6.45) is 0.658. The highest BCUT2D eigenvalue weighted by Crippen LogP contribution is 2.42. The molecule has 0 aliphatic carbocycles. The van der Waals surface area contributed by atoms with Gasteiger partial charge < -0.3 is 25.3 Å². The summed E-state index contributed by atoms with van der Waals surface area (Å²) in [5, 5.41) is 3.15. The van der Waals surface area contributed by atoms with Crippen LogP contribution >= 0.6 is 0 Å². The molecule has 0 spiro atoms. The van der Waals surface area contributed by atoms with Crippen molar-refractivity contribution in [2.45, 2.75) is 18.5 Å². The lowest BCUT2D eigenvalue weighted by Gasteiger charge is -2.29. The third-order valence-electron chi connectivity index (χ3n) is 4.42. The molecular weight excluding hydrogens is 337 g/mol. The van der Waals surface area contributed by atoms with Crippen molar-refractivity contribution in [1.29, 1.82) is 0 Å². The number of hydrogen-bond donors (Lipinski definition) is 2. The van der Waals surface area contributed by atoms with Crippen LogP contribution in [0.15, 0.2) is 41.4 Å². The van der Waals surface area contributed by atoms with Crippen molar-refractivity contribution in [1.82, 2.24) is 5.32 Å². The minimum atomic E-state index is -0.271. The van der Waals surface area contributed by atoms with E-state index in [1.54, 1.807) is 33.5 Å². The number of nitrogens with two attached hydrogens (primary N) is 1. The maximum atomic E-state index is 13.2. The lowest BCUT2D eigenvalue weighted by atomic mass is 9.93. The van der Waals surface area contributed by atoms with Gasteiger partial charge in [-0.2, -0.15) is 0 Å². The molecule has 3 rings (SSSR count). The number of halogens is 1. The molecule has 26 heavy (non-hydrogen) atoms. The van der Waals surface area contributed by atoms with Gasteiger partial charge in [0.1, 0.15) is 5.82 Å². The Morgan fingerprint density at radius 1 is 1.00 bits per heavy atom. The van der Waals surface area contributed by atoms with E-state index in [-0.39, 0.29) is 17.9 Å². The molecule has 7 heteroatoms. The molecule has 1 aliphatic heterocycles. The Balaban J connectivity index is 1.95. The number of nitrogens with one attached hydrogen (secondary N) is 1. The van der Waals surface area contributed by atoms with Crippen LogP contribution in [0.2, 0.25) is 0 Å². The molecule has 1 aliphatic rings. The van der Waals surface area contributed by atoms with E-state index in [2.05, 4.69) is 10.3 Å². The van der Waals surface area contributed by atoms with Crippen molar-refractivity contribution >= 4 is 5.96 Å². The second-order valence-electron chi connectivity index (χ2n) is 5.97. The number of guanidine groups is 1. The summed E-state index contributed by atoms with van der Waals surface area (Å²) in [5.41, 5.74) is 7.84. The number of aliphatic imine (C=N–C) groups is 1. The fourth-order valence-electron chi connectivity index (χ4n) is 3.14. The highest BCUT2D eigenvalue weighted by Gasteiger charge is 2.26. The van der Waals surface area contributed by atoms with E-state index in [0.717, 1.165) is 11.1 Å². The number of ether oxygens (including phenoxy) is 3. The van der Waals surface area contributed by atoms with Gasteiger partial charge in [0.15, 0.2) is 17.5 Å². The normalized spacial score (nSPS) is 19.3. The Morgan fingerprint density at radius 2 is 1.62 bits per heavy atom. The second-order valence-corrected chi connectivity index (χ2v) is 5.97. The van der Waals surface area contributed by atoms with Gasteiger partial charge in [-0.3, -0.25) is 0 Å². The van der Waals surface area contributed by atoms with Crippen LogP contribution in [0.1, 0.15) is 29.6 Å². The maximum Gasteiger partial charge on any atom is 0.203 e. The Hall–Kier alpha value is -2.96. The van der Waals surface area contributed by atoms with Crippen molar-refractivity contribution < 1.29 is 18.6 Å². The van der Waals surface area contributed by atoms with Crippen LogP contribution in [-0.4, -0.2) is 27.3 Å². The van der Waals surface area contributed by atoms with Crippen molar-refractivity contribution in [3.8, 4) is 17.2 Å². The Labute approximate surface area is 151 Å². The monoisotopic (exact) mass is 359 g/mol. The minimum Gasteiger partial charge on any atom is -0.493 e. The van der Waals surface area contributed by atoms with Crippen LogP contribution in [0.25, 0.3) is 0 Å². The zero-order chi connectivity index (χ0) is 18.7. The van der Waals surface area contributed by atoms with Crippen LogP contribution in [0.5, 0.6) is 17.2 Å². The molecular formula is C19H22FN3O3. The molecule has 0 radical (unpaired) electrons. The molecule has 0 fully saturated rings. The number of methoxy groups -OCH3 is 3. The lowest BCUT2D eigenvalue weighted by Crippen LogP contribution is -2.39. The number of benzene rings is 2. The Bertz CT molecular complexity index is 783. The molecule has 0 saturated carbocycles. The number of rotatable bonds is 5. The van der Waals surface area contributed by atoms with Crippen LogP contribution < -0.4 is 25.3 Å². The molecule has 0 bridgehead atoms. The smallest absolute Gasteiger partial charge is 0.203 e. The van der Waals surface area contributed by atoms with Gasteiger partial charge >= 0.3 is 0 Å². The molecule has 0 amide bonds. The van der Waals surface area contributed by atoms with Crippen LogP contribution in [0, 0.1) is 5.82 Å². The van der Waals surface area contributed by atoms with Crippen LogP contribution in [-0.2, 0) is 0 Å². The highest BCUT2D eigenvalue weighted by atomic mass is 19.1.